The summed E-state index contributed by atoms with van der Waals surface area (Å²) in [5, 5.41) is 5.12. The molecule has 3 heterocycles. The van der Waals surface area contributed by atoms with Crippen LogP contribution in [0.4, 0.5) is 0 Å². The van der Waals surface area contributed by atoms with Crippen molar-refractivity contribution in [2.24, 2.45) is 0 Å². The zero-order valence-corrected chi connectivity index (χ0v) is 16.3. The van der Waals surface area contributed by atoms with Crippen LogP contribution in [0, 0.1) is 6.92 Å². The highest BCUT2D eigenvalue weighted by Gasteiger charge is 2.21. The smallest absolute Gasteiger partial charge is 0.262 e. The largest absolute Gasteiger partial charge is 0.339 e. The molecule has 0 aliphatic carbocycles. The number of benzene rings is 1. The third kappa shape index (κ3) is 3.33. The Morgan fingerprint density at radius 2 is 1.79 bits per heavy atom. The van der Waals surface area contributed by atoms with Crippen LogP contribution in [-0.4, -0.2) is 62.8 Å². The molecule has 0 N–H and O–H groups in total. The topological polar surface area (TPSA) is 63.4 Å². The van der Waals surface area contributed by atoms with E-state index in [1.165, 1.54) is 4.57 Å². The molecule has 1 aliphatic rings. The lowest BCUT2D eigenvalue weighted by Crippen LogP contribution is -2.49. The molecule has 0 atom stereocenters. The third-order valence-electron chi connectivity index (χ3n) is 5.46. The fraction of sp³-hybridized carbons (Fsp3) is 0.381. The van der Waals surface area contributed by atoms with E-state index in [-0.39, 0.29) is 18.0 Å². The quantitative estimate of drug-likeness (QED) is 0.692. The molecule has 1 fully saturated rings. The van der Waals surface area contributed by atoms with Gasteiger partial charge in [-0.1, -0.05) is 25.1 Å². The summed E-state index contributed by atoms with van der Waals surface area (Å²) < 4.78 is 3.28. The fourth-order valence-corrected chi connectivity index (χ4v) is 3.78. The number of hydrogen-bond acceptors (Lipinski definition) is 4. The standard InChI is InChI=1S/C21H25N5O2/c1-3-23-11-13-24(14-12-23)19(27)15-25-10-9-18-20(21(25)28)16(2)22-26(18)17-7-5-4-6-8-17/h4-10H,3,11-15H2,1-2H3. The molecule has 2 aromatic heterocycles. The van der Waals surface area contributed by atoms with Crippen molar-refractivity contribution >= 4 is 16.8 Å². The molecular formula is C21H25N5O2. The fourth-order valence-electron chi connectivity index (χ4n) is 3.78. The zero-order valence-electron chi connectivity index (χ0n) is 16.3. The molecule has 1 aromatic carbocycles. The second-order valence-corrected chi connectivity index (χ2v) is 7.16. The lowest BCUT2D eigenvalue weighted by atomic mass is 10.2. The van der Waals surface area contributed by atoms with Gasteiger partial charge in [-0.25, -0.2) is 4.68 Å². The molecular weight excluding hydrogens is 354 g/mol. The van der Waals surface area contributed by atoms with Gasteiger partial charge in [0.05, 0.1) is 22.3 Å². The Balaban J connectivity index is 1.61. The number of aryl methyl sites for hydroxylation is 1. The molecule has 1 amide bonds. The maximum atomic E-state index is 13.0. The summed E-state index contributed by atoms with van der Waals surface area (Å²) in [6, 6.07) is 11.6. The van der Waals surface area contributed by atoms with E-state index in [1.54, 1.807) is 10.9 Å². The van der Waals surface area contributed by atoms with E-state index in [4.69, 9.17) is 0 Å². The Bertz CT molecular complexity index is 1050. The monoisotopic (exact) mass is 379 g/mol. The van der Waals surface area contributed by atoms with E-state index in [1.807, 2.05) is 48.2 Å². The highest BCUT2D eigenvalue weighted by Crippen LogP contribution is 2.18. The Morgan fingerprint density at radius 1 is 1.07 bits per heavy atom. The number of likely N-dealkylation sites (N-methyl/N-ethyl adjacent to an activating group) is 1. The lowest BCUT2D eigenvalue weighted by Gasteiger charge is -2.34. The molecule has 28 heavy (non-hydrogen) atoms. The number of rotatable bonds is 4. The SMILES string of the molecule is CCN1CCN(C(=O)Cn2ccc3c(c(C)nn3-c3ccccc3)c2=O)CC1. The number of amides is 1. The zero-order chi connectivity index (χ0) is 19.7. The van der Waals surface area contributed by atoms with Crippen LogP contribution in [-0.2, 0) is 11.3 Å². The number of carbonyl (C=O) groups excluding carboxylic acids is 1. The van der Waals surface area contributed by atoms with Gasteiger partial charge in [0.15, 0.2) is 0 Å². The van der Waals surface area contributed by atoms with Crippen LogP contribution in [0.1, 0.15) is 12.6 Å². The van der Waals surface area contributed by atoms with Gasteiger partial charge in [-0.3, -0.25) is 9.59 Å². The van der Waals surface area contributed by atoms with Crippen LogP contribution in [0.2, 0.25) is 0 Å². The second kappa shape index (κ2) is 7.59. The van der Waals surface area contributed by atoms with Crippen molar-refractivity contribution < 1.29 is 4.79 Å². The summed E-state index contributed by atoms with van der Waals surface area (Å²) in [5.74, 6) is -0.00897. The highest BCUT2D eigenvalue weighted by atomic mass is 16.2. The maximum absolute atomic E-state index is 13.0. The number of fused-ring (bicyclic) bond motifs is 1. The molecule has 1 aliphatic heterocycles. The molecule has 0 radical (unpaired) electrons. The molecule has 146 valence electrons. The Hall–Kier alpha value is -2.93. The van der Waals surface area contributed by atoms with E-state index in [2.05, 4.69) is 16.9 Å². The van der Waals surface area contributed by atoms with Gasteiger partial charge < -0.3 is 14.4 Å². The number of aromatic nitrogens is 3. The minimum Gasteiger partial charge on any atom is -0.339 e. The molecule has 7 nitrogen and oxygen atoms in total. The number of para-hydroxylation sites is 1. The van der Waals surface area contributed by atoms with Crippen LogP contribution in [0.15, 0.2) is 47.4 Å². The number of hydrogen-bond donors (Lipinski definition) is 0. The van der Waals surface area contributed by atoms with Gasteiger partial charge in [0.25, 0.3) is 5.56 Å². The van der Waals surface area contributed by atoms with Crippen molar-refractivity contribution in [1.29, 1.82) is 0 Å². The number of nitrogens with zero attached hydrogens (tertiary/aromatic N) is 5. The average molecular weight is 379 g/mol. The first-order chi connectivity index (χ1) is 13.6. The van der Waals surface area contributed by atoms with Crippen molar-refractivity contribution in [2.45, 2.75) is 20.4 Å². The van der Waals surface area contributed by atoms with E-state index < -0.39 is 0 Å². The summed E-state index contributed by atoms with van der Waals surface area (Å²) in [6.07, 6.45) is 1.70. The third-order valence-corrected chi connectivity index (χ3v) is 5.46. The minimum absolute atomic E-state index is 0.00897. The summed E-state index contributed by atoms with van der Waals surface area (Å²) in [6.45, 7) is 8.24. The van der Waals surface area contributed by atoms with E-state index >= 15 is 0 Å². The van der Waals surface area contributed by atoms with Crippen LogP contribution in [0.25, 0.3) is 16.6 Å². The van der Waals surface area contributed by atoms with Gasteiger partial charge in [-0.2, -0.15) is 5.10 Å². The minimum atomic E-state index is -0.169. The molecule has 0 saturated carbocycles. The highest BCUT2D eigenvalue weighted by molar-refractivity contribution is 5.83. The Kier molecular flexibility index (Phi) is 5.00. The molecule has 3 aromatic rings. The first kappa shape index (κ1) is 18.4. The molecule has 0 bridgehead atoms. The molecule has 4 rings (SSSR count). The van der Waals surface area contributed by atoms with Crippen LogP contribution in [0.3, 0.4) is 0 Å². The van der Waals surface area contributed by atoms with Gasteiger partial charge in [0.1, 0.15) is 6.54 Å². The van der Waals surface area contributed by atoms with Crippen LogP contribution >= 0.6 is 0 Å². The number of carbonyl (C=O) groups is 1. The summed E-state index contributed by atoms with van der Waals surface area (Å²) in [5.41, 5.74) is 2.16. The van der Waals surface area contributed by atoms with Gasteiger partial charge in [-0.05, 0) is 31.7 Å². The van der Waals surface area contributed by atoms with Crippen molar-refractivity contribution in [2.75, 3.05) is 32.7 Å². The summed E-state index contributed by atoms with van der Waals surface area (Å²) >= 11 is 0. The van der Waals surface area contributed by atoms with Crippen LogP contribution in [0.5, 0.6) is 0 Å². The van der Waals surface area contributed by atoms with Crippen molar-refractivity contribution in [3.8, 4) is 5.69 Å². The normalized spacial score (nSPS) is 15.3. The first-order valence-electron chi connectivity index (χ1n) is 9.73. The predicted molar refractivity (Wildman–Crippen MR) is 109 cm³/mol. The van der Waals surface area contributed by atoms with Crippen molar-refractivity contribution in [1.82, 2.24) is 24.1 Å². The molecule has 0 spiro atoms. The molecule has 7 heteroatoms. The average Bonchev–Trinajstić information content (AvgIpc) is 3.08. The first-order valence-corrected chi connectivity index (χ1v) is 9.73. The van der Waals surface area contributed by atoms with Gasteiger partial charge >= 0.3 is 0 Å². The van der Waals surface area contributed by atoms with Gasteiger partial charge in [-0.15, -0.1) is 0 Å². The molecule has 1 saturated heterocycles. The number of piperazine rings is 1. The second-order valence-electron chi connectivity index (χ2n) is 7.16. The lowest BCUT2D eigenvalue weighted by molar-refractivity contribution is -0.133. The van der Waals surface area contributed by atoms with E-state index in [0.29, 0.717) is 24.2 Å². The van der Waals surface area contributed by atoms with Gasteiger partial charge in [0, 0.05) is 32.4 Å². The van der Waals surface area contributed by atoms with E-state index in [0.717, 1.165) is 30.8 Å². The summed E-state index contributed by atoms with van der Waals surface area (Å²) in [7, 11) is 0. The number of pyridine rings is 1. The Morgan fingerprint density at radius 3 is 2.46 bits per heavy atom. The Labute approximate surface area is 163 Å². The molecule has 0 unspecified atom stereocenters. The van der Waals surface area contributed by atoms with Crippen molar-refractivity contribution in [3.63, 3.8) is 0 Å². The van der Waals surface area contributed by atoms with Gasteiger partial charge in [0.2, 0.25) is 5.91 Å². The van der Waals surface area contributed by atoms with Crippen molar-refractivity contribution in [3.05, 3.63) is 58.6 Å². The van der Waals surface area contributed by atoms with Crippen LogP contribution < -0.4 is 5.56 Å². The van der Waals surface area contributed by atoms with E-state index in [9.17, 15) is 9.59 Å². The predicted octanol–water partition coefficient (Wildman–Crippen LogP) is 1.66. The maximum Gasteiger partial charge on any atom is 0.262 e. The summed E-state index contributed by atoms with van der Waals surface area (Å²) in [4.78, 5) is 29.9.